The van der Waals surface area contributed by atoms with E-state index in [-0.39, 0.29) is 0 Å². The molecule has 2 aliphatic rings. The van der Waals surface area contributed by atoms with Crippen LogP contribution in [0.5, 0.6) is 0 Å². The predicted molar refractivity (Wildman–Crippen MR) is 78.4 cm³/mol. The Morgan fingerprint density at radius 3 is 2.74 bits per heavy atom. The third-order valence-corrected chi connectivity index (χ3v) is 4.15. The number of ether oxygens (including phenoxy) is 1. The number of benzene rings is 1. The van der Waals surface area contributed by atoms with E-state index in [1.54, 1.807) is 0 Å². The van der Waals surface area contributed by atoms with E-state index in [4.69, 9.17) is 4.74 Å². The molecule has 1 aromatic carbocycles. The Kier molecular flexibility index (Phi) is 3.76. The van der Waals surface area contributed by atoms with Crippen molar-refractivity contribution in [1.82, 2.24) is 4.90 Å². The van der Waals surface area contributed by atoms with Gasteiger partial charge in [0.2, 0.25) is 0 Å². The lowest BCUT2D eigenvalue weighted by Gasteiger charge is -2.38. The van der Waals surface area contributed by atoms with Gasteiger partial charge in [0.25, 0.3) is 0 Å². The van der Waals surface area contributed by atoms with Gasteiger partial charge in [0.05, 0.1) is 13.2 Å². The summed E-state index contributed by atoms with van der Waals surface area (Å²) in [5, 5.41) is 3.55. The van der Waals surface area contributed by atoms with Gasteiger partial charge in [-0.3, -0.25) is 4.90 Å². The number of hydrogen-bond acceptors (Lipinski definition) is 3. The van der Waals surface area contributed by atoms with Crippen molar-refractivity contribution < 1.29 is 4.74 Å². The summed E-state index contributed by atoms with van der Waals surface area (Å²) < 4.78 is 5.29. The van der Waals surface area contributed by atoms with Gasteiger partial charge in [0.15, 0.2) is 0 Å². The van der Waals surface area contributed by atoms with Crippen LogP contribution in [0.4, 0.5) is 5.69 Å². The predicted octanol–water partition coefficient (Wildman–Crippen LogP) is 2.73. The summed E-state index contributed by atoms with van der Waals surface area (Å²) in [7, 11) is 0. The minimum atomic E-state index is 0.324. The van der Waals surface area contributed by atoms with E-state index in [9.17, 15) is 0 Å². The molecule has 2 aliphatic heterocycles. The number of likely N-dealkylation sites (tertiary alicyclic amines) is 1. The van der Waals surface area contributed by atoms with E-state index in [1.807, 2.05) is 0 Å². The maximum absolute atomic E-state index is 5.29. The Bertz CT molecular complexity index is 423. The standard InChI is InChI=1S/C16H24N2O/c1-16(12-19-13-16)11-17-15-6-4-5-14(9-15)10-18-7-2-3-8-18/h4-6,9,17H,2-3,7-8,10-13H2,1H3. The first-order valence-electron chi connectivity index (χ1n) is 7.37. The Morgan fingerprint density at radius 2 is 2.05 bits per heavy atom. The molecule has 0 saturated carbocycles. The van der Waals surface area contributed by atoms with Crippen molar-refractivity contribution in [3.63, 3.8) is 0 Å². The Labute approximate surface area is 115 Å². The van der Waals surface area contributed by atoms with Crippen molar-refractivity contribution in [2.75, 3.05) is 38.2 Å². The summed E-state index contributed by atoms with van der Waals surface area (Å²) in [6.07, 6.45) is 2.71. The lowest BCUT2D eigenvalue weighted by atomic mass is 9.88. The number of nitrogens with zero attached hydrogens (tertiary/aromatic N) is 1. The first kappa shape index (κ1) is 12.9. The van der Waals surface area contributed by atoms with Crippen LogP contribution in [0.15, 0.2) is 24.3 Å². The van der Waals surface area contributed by atoms with Crippen LogP contribution in [0.3, 0.4) is 0 Å². The molecule has 0 atom stereocenters. The molecule has 19 heavy (non-hydrogen) atoms. The highest BCUT2D eigenvalue weighted by molar-refractivity contribution is 5.46. The molecule has 2 saturated heterocycles. The number of rotatable bonds is 5. The largest absolute Gasteiger partial charge is 0.384 e. The van der Waals surface area contributed by atoms with Crippen LogP contribution >= 0.6 is 0 Å². The monoisotopic (exact) mass is 260 g/mol. The zero-order chi connectivity index (χ0) is 13.1. The quantitative estimate of drug-likeness (QED) is 0.881. The molecule has 0 unspecified atom stereocenters. The van der Waals surface area contributed by atoms with Crippen LogP contribution in [0.25, 0.3) is 0 Å². The highest BCUT2D eigenvalue weighted by Gasteiger charge is 2.32. The molecule has 0 amide bonds. The van der Waals surface area contributed by atoms with Gasteiger partial charge in [-0.2, -0.15) is 0 Å². The summed E-state index contributed by atoms with van der Waals surface area (Å²) in [4.78, 5) is 2.54. The zero-order valence-electron chi connectivity index (χ0n) is 11.8. The molecule has 3 rings (SSSR count). The van der Waals surface area contributed by atoms with Crippen LogP contribution in [0, 0.1) is 5.41 Å². The number of nitrogens with one attached hydrogen (secondary N) is 1. The molecule has 2 fully saturated rings. The summed E-state index contributed by atoms with van der Waals surface area (Å²) in [6.45, 7) is 8.65. The van der Waals surface area contributed by atoms with Crippen molar-refractivity contribution in [2.45, 2.75) is 26.3 Å². The van der Waals surface area contributed by atoms with Gasteiger partial charge in [0.1, 0.15) is 0 Å². The van der Waals surface area contributed by atoms with Gasteiger partial charge in [-0.25, -0.2) is 0 Å². The number of hydrogen-bond donors (Lipinski definition) is 1. The highest BCUT2D eigenvalue weighted by Crippen LogP contribution is 2.27. The third kappa shape index (κ3) is 3.28. The van der Waals surface area contributed by atoms with Gasteiger partial charge in [-0.1, -0.05) is 19.1 Å². The van der Waals surface area contributed by atoms with Crippen LogP contribution < -0.4 is 5.32 Å². The Hall–Kier alpha value is -1.06. The van der Waals surface area contributed by atoms with E-state index >= 15 is 0 Å². The topological polar surface area (TPSA) is 24.5 Å². The van der Waals surface area contributed by atoms with E-state index in [1.165, 1.54) is 37.2 Å². The van der Waals surface area contributed by atoms with Gasteiger partial charge in [-0.15, -0.1) is 0 Å². The molecule has 0 radical (unpaired) electrons. The second-order valence-corrected chi connectivity index (χ2v) is 6.34. The van der Waals surface area contributed by atoms with Gasteiger partial charge < -0.3 is 10.1 Å². The molecule has 0 aromatic heterocycles. The van der Waals surface area contributed by atoms with Crippen molar-refractivity contribution in [2.24, 2.45) is 5.41 Å². The maximum Gasteiger partial charge on any atom is 0.0559 e. The summed E-state index contributed by atoms with van der Waals surface area (Å²) in [5.74, 6) is 0. The summed E-state index contributed by atoms with van der Waals surface area (Å²) in [6, 6.07) is 8.85. The lowest BCUT2D eigenvalue weighted by Crippen LogP contribution is -2.45. The average molecular weight is 260 g/mol. The Balaban J connectivity index is 1.56. The zero-order valence-corrected chi connectivity index (χ0v) is 11.8. The van der Waals surface area contributed by atoms with Crippen molar-refractivity contribution in [3.05, 3.63) is 29.8 Å². The van der Waals surface area contributed by atoms with E-state index < -0.39 is 0 Å². The highest BCUT2D eigenvalue weighted by atomic mass is 16.5. The fraction of sp³-hybridized carbons (Fsp3) is 0.625. The molecular formula is C16H24N2O. The second kappa shape index (κ2) is 5.51. The van der Waals surface area contributed by atoms with Gasteiger partial charge >= 0.3 is 0 Å². The van der Waals surface area contributed by atoms with Crippen LogP contribution in [0.1, 0.15) is 25.3 Å². The molecule has 0 aliphatic carbocycles. The molecule has 2 heterocycles. The fourth-order valence-corrected chi connectivity index (χ4v) is 2.85. The molecule has 0 bridgehead atoms. The normalized spacial score (nSPS) is 22.2. The fourth-order valence-electron chi connectivity index (χ4n) is 2.85. The molecular weight excluding hydrogens is 236 g/mol. The molecule has 0 spiro atoms. The van der Waals surface area contributed by atoms with Crippen molar-refractivity contribution in [3.8, 4) is 0 Å². The molecule has 1 N–H and O–H groups in total. The second-order valence-electron chi connectivity index (χ2n) is 6.34. The van der Waals surface area contributed by atoms with Gasteiger partial charge in [-0.05, 0) is 43.6 Å². The van der Waals surface area contributed by atoms with Crippen LogP contribution in [-0.2, 0) is 11.3 Å². The number of anilines is 1. The summed E-state index contributed by atoms with van der Waals surface area (Å²) >= 11 is 0. The van der Waals surface area contributed by atoms with Crippen molar-refractivity contribution >= 4 is 5.69 Å². The Morgan fingerprint density at radius 1 is 1.26 bits per heavy atom. The maximum atomic E-state index is 5.29. The van der Waals surface area contributed by atoms with Gasteiger partial charge in [0, 0.05) is 24.2 Å². The smallest absolute Gasteiger partial charge is 0.0559 e. The SMILES string of the molecule is CC1(CNc2cccc(CN3CCCC3)c2)COC1. The van der Waals surface area contributed by atoms with Crippen LogP contribution in [-0.4, -0.2) is 37.7 Å². The molecule has 3 heteroatoms. The minimum absolute atomic E-state index is 0.324. The first-order valence-corrected chi connectivity index (χ1v) is 7.37. The van der Waals surface area contributed by atoms with E-state index in [0.29, 0.717) is 5.41 Å². The molecule has 104 valence electrons. The summed E-state index contributed by atoms with van der Waals surface area (Å²) in [5.41, 5.74) is 2.98. The van der Waals surface area contributed by atoms with Crippen LogP contribution in [0.2, 0.25) is 0 Å². The lowest BCUT2D eigenvalue weighted by molar-refractivity contribution is -0.0924. The average Bonchev–Trinajstić information content (AvgIpc) is 2.87. The van der Waals surface area contributed by atoms with E-state index in [2.05, 4.69) is 41.4 Å². The molecule has 1 aromatic rings. The third-order valence-electron chi connectivity index (χ3n) is 4.15. The molecule has 3 nitrogen and oxygen atoms in total. The van der Waals surface area contributed by atoms with E-state index in [0.717, 1.165) is 26.3 Å². The first-order chi connectivity index (χ1) is 9.23. The minimum Gasteiger partial charge on any atom is -0.384 e. The van der Waals surface area contributed by atoms with Crippen molar-refractivity contribution in [1.29, 1.82) is 0 Å².